The lowest BCUT2D eigenvalue weighted by Crippen LogP contribution is -2.13. The van der Waals surface area contributed by atoms with Crippen LogP contribution >= 0.6 is 7.60 Å². The van der Waals surface area contributed by atoms with Gasteiger partial charge in [-0.05, 0) is 5.92 Å². The summed E-state index contributed by atoms with van der Waals surface area (Å²) in [6, 6.07) is 0. The van der Waals surface area contributed by atoms with Crippen LogP contribution in [0.1, 0.15) is 13.8 Å². The van der Waals surface area contributed by atoms with Gasteiger partial charge in [0.25, 0.3) is 0 Å². The monoisotopic (exact) mass is 206 g/mol. The van der Waals surface area contributed by atoms with Crippen molar-refractivity contribution in [3.8, 4) is 0 Å². The quantitative estimate of drug-likeness (QED) is 0.721. The summed E-state index contributed by atoms with van der Waals surface area (Å²) in [5.41, 5.74) is 0. The number of alkyl halides is 3. The first-order chi connectivity index (χ1) is 5.17. The minimum Gasteiger partial charge on any atom is -0.318 e. The van der Waals surface area contributed by atoms with E-state index in [0.717, 1.165) is 0 Å². The molecule has 0 bridgehead atoms. The Balaban J connectivity index is 4.16. The van der Waals surface area contributed by atoms with Crippen LogP contribution in [-0.4, -0.2) is 17.4 Å². The topological polar surface area (TPSA) is 46.5 Å². The molecular weight excluding hydrogens is 196 g/mol. The molecule has 0 aliphatic rings. The molecule has 3 nitrogen and oxygen atoms in total. The van der Waals surface area contributed by atoms with E-state index in [2.05, 4.69) is 4.52 Å². The van der Waals surface area contributed by atoms with Crippen molar-refractivity contribution in [3.05, 3.63) is 0 Å². The molecular formula is C5H10F3O3P. The van der Waals surface area contributed by atoms with Gasteiger partial charge in [-0.25, -0.2) is 0 Å². The summed E-state index contributed by atoms with van der Waals surface area (Å²) >= 11 is 0. The van der Waals surface area contributed by atoms with E-state index < -0.39 is 13.5 Å². The number of hydrogen-bond acceptors (Lipinski definition) is 2. The highest BCUT2D eigenvalue weighted by Gasteiger charge is 2.52. The largest absolute Gasteiger partial charge is 0.493 e. The van der Waals surface area contributed by atoms with Gasteiger partial charge in [0, 0.05) is 0 Å². The first-order valence-electron chi connectivity index (χ1n) is 3.21. The lowest BCUT2D eigenvalue weighted by molar-refractivity contribution is -0.0714. The normalized spacial score (nSPS) is 17.9. The fourth-order valence-corrected chi connectivity index (χ4v) is 0.970. The maximum atomic E-state index is 11.6. The van der Waals surface area contributed by atoms with Crippen LogP contribution < -0.4 is 0 Å². The van der Waals surface area contributed by atoms with E-state index >= 15 is 0 Å². The van der Waals surface area contributed by atoms with Gasteiger partial charge in [-0.2, -0.15) is 13.2 Å². The molecule has 0 rings (SSSR count). The van der Waals surface area contributed by atoms with Gasteiger partial charge >= 0.3 is 13.5 Å². The first-order valence-corrected chi connectivity index (χ1v) is 4.78. The lowest BCUT2D eigenvalue weighted by atomic mass is 10.2. The van der Waals surface area contributed by atoms with Crippen LogP contribution in [0.5, 0.6) is 0 Å². The fraction of sp³-hybridized carbons (Fsp3) is 1.00. The third-order valence-electron chi connectivity index (χ3n) is 0.903. The molecule has 0 aliphatic heterocycles. The Morgan fingerprint density at radius 1 is 1.50 bits per heavy atom. The zero-order valence-electron chi connectivity index (χ0n) is 6.63. The van der Waals surface area contributed by atoms with E-state index in [1.165, 1.54) is 0 Å². The highest BCUT2D eigenvalue weighted by molar-refractivity contribution is 7.53. The first kappa shape index (κ1) is 11.9. The van der Waals surface area contributed by atoms with Gasteiger partial charge in [0.15, 0.2) is 0 Å². The summed E-state index contributed by atoms with van der Waals surface area (Å²) in [6.07, 6.45) is 0. The van der Waals surface area contributed by atoms with Crippen molar-refractivity contribution in [1.29, 1.82) is 0 Å². The Labute approximate surface area is 68.1 Å². The Hall–Kier alpha value is -0.0600. The molecule has 0 heterocycles. The Morgan fingerprint density at radius 2 is 1.92 bits per heavy atom. The molecule has 7 heteroatoms. The molecule has 0 saturated carbocycles. The second-order valence-corrected chi connectivity index (χ2v) is 4.48. The van der Waals surface area contributed by atoms with Gasteiger partial charge in [0.1, 0.15) is 0 Å². The molecule has 0 radical (unpaired) electrons. The Bertz CT molecular complexity index is 189. The molecule has 0 amide bonds. The van der Waals surface area contributed by atoms with Crippen LogP contribution in [0.3, 0.4) is 0 Å². The summed E-state index contributed by atoms with van der Waals surface area (Å²) in [7, 11) is -5.43. The van der Waals surface area contributed by atoms with E-state index in [0.29, 0.717) is 0 Å². The molecule has 12 heavy (non-hydrogen) atoms. The molecule has 1 unspecified atom stereocenters. The van der Waals surface area contributed by atoms with Crippen molar-refractivity contribution < 1.29 is 27.2 Å². The molecule has 0 aromatic heterocycles. The van der Waals surface area contributed by atoms with Gasteiger partial charge in [0.2, 0.25) is 0 Å². The van der Waals surface area contributed by atoms with Crippen molar-refractivity contribution in [2.75, 3.05) is 6.61 Å². The number of rotatable bonds is 3. The summed E-state index contributed by atoms with van der Waals surface area (Å²) in [5.74, 6) is -5.39. The van der Waals surface area contributed by atoms with E-state index in [1.807, 2.05) is 0 Å². The second kappa shape index (κ2) is 3.77. The molecule has 0 saturated heterocycles. The highest BCUT2D eigenvalue weighted by atomic mass is 31.2. The van der Waals surface area contributed by atoms with Gasteiger partial charge in [0.05, 0.1) is 6.61 Å². The standard InChI is InChI=1S/C5H10F3O3P/c1-4(2)3-11-12(9,10)5(6,7)8/h4H,3H2,1-2H3,(H,9,10). The summed E-state index contributed by atoms with van der Waals surface area (Å²) in [5, 5.41) is 0. The van der Waals surface area contributed by atoms with Gasteiger partial charge in [-0.1, -0.05) is 13.8 Å². The van der Waals surface area contributed by atoms with Crippen molar-refractivity contribution in [2.45, 2.75) is 19.8 Å². The van der Waals surface area contributed by atoms with E-state index in [4.69, 9.17) is 4.89 Å². The lowest BCUT2D eigenvalue weighted by Gasteiger charge is -2.15. The zero-order chi connectivity index (χ0) is 9.99. The molecule has 0 aromatic carbocycles. The van der Waals surface area contributed by atoms with E-state index in [1.54, 1.807) is 13.8 Å². The molecule has 0 aromatic rings. The SMILES string of the molecule is CC(C)COP(=O)(O)C(F)(F)F. The van der Waals surface area contributed by atoms with Crippen LogP contribution in [0.25, 0.3) is 0 Å². The maximum absolute atomic E-state index is 11.6. The highest BCUT2D eigenvalue weighted by Crippen LogP contribution is 2.58. The Kier molecular flexibility index (Phi) is 3.75. The molecule has 1 atom stereocenters. The van der Waals surface area contributed by atoms with Crippen LogP contribution in [-0.2, 0) is 9.09 Å². The van der Waals surface area contributed by atoms with Gasteiger partial charge in [-0.3, -0.25) is 4.57 Å². The summed E-state index contributed by atoms with van der Waals surface area (Å²) in [4.78, 5) is 8.31. The minimum atomic E-state index is -5.43. The minimum absolute atomic E-state index is 0.215. The molecule has 74 valence electrons. The predicted octanol–water partition coefficient (Wildman–Crippen LogP) is 2.36. The van der Waals surface area contributed by atoms with Crippen molar-refractivity contribution in [1.82, 2.24) is 0 Å². The average molecular weight is 206 g/mol. The van der Waals surface area contributed by atoms with Gasteiger partial charge < -0.3 is 9.42 Å². The van der Waals surface area contributed by atoms with Gasteiger partial charge in [-0.15, -0.1) is 0 Å². The average Bonchev–Trinajstić information content (AvgIpc) is 1.81. The third kappa shape index (κ3) is 3.56. The van der Waals surface area contributed by atoms with Crippen molar-refractivity contribution in [3.63, 3.8) is 0 Å². The Morgan fingerprint density at radius 3 is 2.17 bits per heavy atom. The fourth-order valence-electron chi connectivity index (χ4n) is 0.323. The number of halogens is 3. The summed E-state index contributed by atoms with van der Waals surface area (Å²) in [6.45, 7) is 2.78. The maximum Gasteiger partial charge on any atom is 0.493 e. The summed E-state index contributed by atoms with van der Waals surface area (Å²) < 4.78 is 49.1. The molecule has 0 spiro atoms. The molecule has 0 fully saturated rings. The van der Waals surface area contributed by atoms with Crippen molar-refractivity contribution in [2.24, 2.45) is 5.92 Å². The van der Waals surface area contributed by atoms with E-state index in [-0.39, 0.29) is 12.5 Å². The van der Waals surface area contributed by atoms with Crippen molar-refractivity contribution >= 4 is 7.60 Å². The number of hydrogen-bond donors (Lipinski definition) is 1. The van der Waals surface area contributed by atoms with Crippen LogP contribution in [0.15, 0.2) is 0 Å². The molecule has 1 N–H and O–H groups in total. The van der Waals surface area contributed by atoms with E-state index in [9.17, 15) is 17.7 Å². The van der Waals surface area contributed by atoms with Crippen LogP contribution in [0, 0.1) is 5.92 Å². The smallest absolute Gasteiger partial charge is 0.318 e. The third-order valence-corrected chi connectivity index (χ3v) is 2.04. The second-order valence-electron chi connectivity index (χ2n) is 2.68. The zero-order valence-corrected chi connectivity index (χ0v) is 7.52. The predicted molar refractivity (Wildman–Crippen MR) is 36.7 cm³/mol. The van der Waals surface area contributed by atoms with Crippen LogP contribution in [0.4, 0.5) is 13.2 Å². The van der Waals surface area contributed by atoms with Crippen LogP contribution in [0.2, 0.25) is 0 Å². The molecule has 0 aliphatic carbocycles.